The topological polar surface area (TPSA) is 17.1 Å². The molecule has 0 amide bonds. The summed E-state index contributed by atoms with van der Waals surface area (Å²) in [6.07, 6.45) is 3.56. The van der Waals surface area contributed by atoms with Gasteiger partial charge in [-0.05, 0) is 39.2 Å². The van der Waals surface area contributed by atoms with E-state index in [-0.39, 0.29) is 5.78 Å². The predicted molar refractivity (Wildman–Crippen MR) is 69.2 cm³/mol. The van der Waals surface area contributed by atoms with Gasteiger partial charge in [0.1, 0.15) is 0 Å². The summed E-state index contributed by atoms with van der Waals surface area (Å²) in [4.78, 5) is 11.9. The van der Waals surface area contributed by atoms with E-state index in [1.807, 2.05) is 30.3 Å². The van der Waals surface area contributed by atoms with Crippen molar-refractivity contribution in [1.82, 2.24) is 0 Å². The van der Waals surface area contributed by atoms with Gasteiger partial charge in [0, 0.05) is 11.1 Å². The number of carbonyl (C=O) groups is 1. The number of halogens is 2. The number of rotatable bonds is 0. The number of ketones is 1. The van der Waals surface area contributed by atoms with Crippen molar-refractivity contribution in [3.8, 4) is 0 Å². The molecule has 0 N–H and O–H groups in total. The maximum Gasteiger partial charge on any atom is 0.200 e. The number of hydrogen-bond acceptors (Lipinski definition) is 1. The zero-order valence-electron chi connectivity index (χ0n) is 8.13. The molecule has 0 aromatic heterocycles. The minimum absolute atomic E-state index is 0.00407. The lowest BCUT2D eigenvalue weighted by molar-refractivity contribution is -0.111. The summed E-state index contributed by atoms with van der Waals surface area (Å²) in [5, 5.41) is 0.614. The Morgan fingerprint density at radius 3 is 2.69 bits per heavy atom. The minimum Gasteiger partial charge on any atom is -0.288 e. The molecule has 1 aromatic rings. The highest BCUT2D eigenvalue weighted by molar-refractivity contribution is 9.12. The Morgan fingerprint density at radius 1 is 1.12 bits per heavy atom. The van der Waals surface area contributed by atoms with Gasteiger partial charge in [-0.2, -0.15) is 0 Å². The molecule has 3 rings (SSSR count). The molecule has 3 heteroatoms. The Kier molecular flexibility index (Phi) is 2.16. The Labute approximate surface area is 106 Å². The molecule has 0 fully saturated rings. The van der Waals surface area contributed by atoms with E-state index < -0.39 is 0 Å². The maximum absolute atomic E-state index is 11.9. The molecule has 16 heavy (non-hydrogen) atoms. The molecule has 1 aromatic carbocycles. The second-order valence-electron chi connectivity index (χ2n) is 3.69. The lowest BCUT2D eigenvalue weighted by atomic mass is 9.96. The molecule has 78 valence electrons. The molecule has 0 bridgehead atoms. The van der Waals surface area contributed by atoms with Crippen LogP contribution in [0.2, 0.25) is 0 Å². The van der Waals surface area contributed by atoms with Crippen LogP contribution in [0.1, 0.15) is 11.1 Å². The Morgan fingerprint density at radius 2 is 1.88 bits per heavy atom. The van der Waals surface area contributed by atoms with Gasteiger partial charge < -0.3 is 0 Å². The van der Waals surface area contributed by atoms with Crippen molar-refractivity contribution in [2.45, 2.75) is 0 Å². The van der Waals surface area contributed by atoms with E-state index in [1.165, 1.54) is 0 Å². The van der Waals surface area contributed by atoms with E-state index in [1.54, 1.807) is 6.08 Å². The molecule has 1 nitrogen and oxygen atoms in total. The highest BCUT2D eigenvalue weighted by Gasteiger charge is 2.30. The van der Waals surface area contributed by atoms with Crippen molar-refractivity contribution in [2.75, 3.05) is 0 Å². The fourth-order valence-corrected chi connectivity index (χ4v) is 2.92. The van der Waals surface area contributed by atoms with E-state index in [0.29, 0.717) is 15.1 Å². The molecule has 0 radical (unpaired) electrons. The minimum atomic E-state index is -0.00407. The average Bonchev–Trinajstić information content (AvgIpc) is 2.65. The van der Waals surface area contributed by atoms with Crippen molar-refractivity contribution >= 4 is 45.0 Å². The first-order valence-corrected chi connectivity index (χ1v) is 5.99. The molecular weight excluding hydrogens is 287 g/mol. The molecule has 0 unspecified atom stereocenters. The summed E-state index contributed by atoms with van der Waals surface area (Å²) < 4.78 is 0.514. The van der Waals surface area contributed by atoms with Crippen LogP contribution in [0.15, 0.2) is 45.4 Å². The third-order valence-electron chi connectivity index (χ3n) is 2.75. The van der Waals surface area contributed by atoms with E-state index >= 15 is 0 Å². The average molecular weight is 294 g/mol. The second-order valence-corrected chi connectivity index (χ2v) is 4.95. The highest BCUT2D eigenvalue weighted by atomic mass is 79.9. The monoisotopic (exact) mass is 292 g/mol. The first-order valence-electron chi connectivity index (χ1n) is 4.81. The normalized spacial score (nSPS) is 18.0. The Bertz CT molecular complexity index is 608. The first-order chi connectivity index (χ1) is 7.68. The molecule has 2 aliphatic rings. The Hall–Kier alpha value is -1.12. The number of benzene rings is 1. The fourth-order valence-electron chi connectivity index (χ4n) is 2.04. The van der Waals surface area contributed by atoms with Crippen molar-refractivity contribution in [1.29, 1.82) is 0 Å². The van der Waals surface area contributed by atoms with Gasteiger partial charge in [0.05, 0.1) is 9.51 Å². The SMILES string of the molecule is O=C1C(Br)=CC(Cl)=C2C1=Cc1ccccc12. The molecule has 0 atom stereocenters. The van der Waals surface area contributed by atoms with Crippen molar-refractivity contribution in [3.63, 3.8) is 0 Å². The number of carbonyl (C=O) groups excluding carboxylic acids is 1. The van der Waals surface area contributed by atoms with Crippen LogP contribution in [-0.2, 0) is 4.79 Å². The highest BCUT2D eigenvalue weighted by Crippen LogP contribution is 2.43. The Balaban J connectivity index is 2.33. The quantitative estimate of drug-likeness (QED) is 0.709. The van der Waals surface area contributed by atoms with Crippen LogP contribution >= 0.6 is 27.5 Å². The van der Waals surface area contributed by atoms with Crippen LogP contribution in [0.5, 0.6) is 0 Å². The smallest absolute Gasteiger partial charge is 0.200 e. The third kappa shape index (κ3) is 1.27. The molecule has 0 saturated carbocycles. The molecule has 2 aliphatic carbocycles. The van der Waals surface area contributed by atoms with Crippen LogP contribution in [0.25, 0.3) is 11.6 Å². The van der Waals surface area contributed by atoms with Crippen LogP contribution < -0.4 is 0 Å². The van der Waals surface area contributed by atoms with Gasteiger partial charge in [0.15, 0.2) is 0 Å². The van der Waals surface area contributed by atoms with E-state index in [9.17, 15) is 4.79 Å². The molecule has 0 spiro atoms. The van der Waals surface area contributed by atoms with Gasteiger partial charge in [-0.3, -0.25) is 4.79 Å². The zero-order valence-corrected chi connectivity index (χ0v) is 10.5. The fraction of sp³-hybridized carbons (Fsp3) is 0. The van der Waals surface area contributed by atoms with Crippen LogP contribution in [0.3, 0.4) is 0 Å². The second kappa shape index (κ2) is 3.44. The van der Waals surface area contributed by atoms with Crippen LogP contribution in [0.4, 0.5) is 0 Å². The predicted octanol–water partition coefficient (Wildman–Crippen LogP) is 3.90. The van der Waals surface area contributed by atoms with E-state index in [0.717, 1.165) is 16.7 Å². The summed E-state index contributed by atoms with van der Waals surface area (Å²) in [6, 6.07) is 7.87. The van der Waals surface area contributed by atoms with Gasteiger partial charge in [0.2, 0.25) is 5.78 Å². The molecular formula is C13H6BrClO. The van der Waals surface area contributed by atoms with Crippen LogP contribution in [-0.4, -0.2) is 5.78 Å². The summed E-state index contributed by atoms with van der Waals surface area (Å²) in [5.41, 5.74) is 3.62. The number of Topliss-reactive ketones (excluding diaryl/α,β-unsaturated/α-hetero) is 1. The summed E-state index contributed by atoms with van der Waals surface area (Å²) in [5.74, 6) is -0.00407. The summed E-state index contributed by atoms with van der Waals surface area (Å²) >= 11 is 9.41. The molecule has 0 saturated heterocycles. The number of hydrogen-bond donors (Lipinski definition) is 0. The van der Waals surface area contributed by atoms with Crippen molar-refractivity contribution in [2.24, 2.45) is 0 Å². The number of allylic oxidation sites excluding steroid dienone is 5. The van der Waals surface area contributed by atoms with Gasteiger partial charge in [0.25, 0.3) is 0 Å². The van der Waals surface area contributed by atoms with Crippen molar-refractivity contribution in [3.05, 3.63) is 56.6 Å². The van der Waals surface area contributed by atoms with Gasteiger partial charge >= 0.3 is 0 Å². The lowest BCUT2D eigenvalue weighted by Gasteiger charge is -2.12. The zero-order chi connectivity index (χ0) is 11.3. The number of fused-ring (bicyclic) bond motifs is 3. The largest absolute Gasteiger partial charge is 0.288 e. The van der Waals surface area contributed by atoms with Gasteiger partial charge in [-0.1, -0.05) is 35.9 Å². The van der Waals surface area contributed by atoms with E-state index in [4.69, 9.17) is 11.6 Å². The molecule has 0 heterocycles. The lowest BCUT2D eigenvalue weighted by Crippen LogP contribution is -2.06. The standard InChI is InChI=1S/C13H6BrClO/c14-10-6-11(15)12-8-4-2-1-3-7(8)5-9(12)13(10)16/h1-6H. The van der Waals surface area contributed by atoms with E-state index in [2.05, 4.69) is 15.9 Å². The van der Waals surface area contributed by atoms with Crippen LogP contribution in [0, 0.1) is 0 Å². The summed E-state index contributed by atoms with van der Waals surface area (Å²) in [7, 11) is 0. The van der Waals surface area contributed by atoms with Gasteiger partial charge in [-0.15, -0.1) is 0 Å². The third-order valence-corrected chi connectivity index (χ3v) is 3.64. The van der Waals surface area contributed by atoms with Crippen molar-refractivity contribution < 1.29 is 4.79 Å². The molecule has 0 aliphatic heterocycles. The first kappa shape index (κ1) is 10.1. The summed E-state index contributed by atoms with van der Waals surface area (Å²) in [6.45, 7) is 0. The maximum atomic E-state index is 11.9. The van der Waals surface area contributed by atoms with Gasteiger partial charge in [-0.25, -0.2) is 0 Å².